The maximum Gasteiger partial charge on any atom is 0.274 e. The molecule has 3 rings (SSSR count). The zero-order valence-electron chi connectivity index (χ0n) is 15.7. The standard InChI is InChI=1S/C21H24ClN3O2/c1-14-11-15(2)19(17(22)12-14)24-20(26)18-13-16(7-8-23-18)21(27)25-9-5-3-4-6-10-25/h7-8,11-13H,3-6,9-10H2,1-2H3,(H,24,26). The Hall–Kier alpha value is -2.40. The van der Waals surface area contributed by atoms with Gasteiger partial charge in [0, 0.05) is 24.8 Å². The van der Waals surface area contributed by atoms with E-state index in [1.807, 2.05) is 24.8 Å². The minimum absolute atomic E-state index is 0.0436. The van der Waals surface area contributed by atoms with Crippen molar-refractivity contribution in [2.24, 2.45) is 0 Å². The lowest BCUT2D eigenvalue weighted by molar-refractivity contribution is 0.0761. The van der Waals surface area contributed by atoms with Gasteiger partial charge in [0.1, 0.15) is 5.69 Å². The van der Waals surface area contributed by atoms with Crippen LogP contribution in [0.3, 0.4) is 0 Å². The maximum absolute atomic E-state index is 12.8. The second kappa shape index (κ2) is 8.53. The first-order valence-corrected chi connectivity index (χ1v) is 9.67. The van der Waals surface area contributed by atoms with Crippen LogP contribution < -0.4 is 5.32 Å². The molecule has 1 aromatic heterocycles. The smallest absolute Gasteiger partial charge is 0.274 e. The summed E-state index contributed by atoms with van der Waals surface area (Å²) in [5.74, 6) is -0.424. The van der Waals surface area contributed by atoms with Crippen LogP contribution in [0.25, 0.3) is 0 Å². The number of carbonyl (C=O) groups excluding carboxylic acids is 2. The number of halogens is 1. The van der Waals surface area contributed by atoms with Crippen LogP contribution in [0.1, 0.15) is 57.7 Å². The van der Waals surface area contributed by atoms with E-state index in [1.165, 1.54) is 6.20 Å². The van der Waals surface area contributed by atoms with Gasteiger partial charge >= 0.3 is 0 Å². The first-order chi connectivity index (χ1) is 13.0. The van der Waals surface area contributed by atoms with Gasteiger partial charge < -0.3 is 10.2 Å². The maximum atomic E-state index is 12.8. The van der Waals surface area contributed by atoms with E-state index < -0.39 is 0 Å². The van der Waals surface area contributed by atoms with Gasteiger partial charge in [-0.1, -0.05) is 30.5 Å². The van der Waals surface area contributed by atoms with E-state index in [1.54, 1.807) is 18.2 Å². The zero-order chi connectivity index (χ0) is 19.4. The number of likely N-dealkylation sites (tertiary alicyclic amines) is 1. The molecule has 0 unspecified atom stereocenters. The minimum Gasteiger partial charge on any atom is -0.339 e. The van der Waals surface area contributed by atoms with E-state index in [4.69, 9.17) is 11.6 Å². The number of hydrogen-bond acceptors (Lipinski definition) is 3. The Morgan fingerprint density at radius 2 is 1.78 bits per heavy atom. The zero-order valence-corrected chi connectivity index (χ0v) is 16.5. The van der Waals surface area contributed by atoms with E-state index >= 15 is 0 Å². The number of aryl methyl sites for hydroxylation is 2. The molecule has 1 aliphatic heterocycles. The molecule has 142 valence electrons. The van der Waals surface area contributed by atoms with Crippen LogP contribution in [-0.4, -0.2) is 34.8 Å². The number of nitrogens with one attached hydrogen (secondary N) is 1. The van der Waals surface area contributed by atoms with Crippen molar-refractivity contribution in [2.75, 3.05) is 18.4 Å². The molecule has 0 spiro atoms. The fourth-order valence-electron chi connectivity index (χ4n) is 3.40. The van der Waals surface area contributed by atoms with Crippen molar-refractivity contribution in [2.45, 2.75) is 39.5 Å². The fraction of sp³-hybridized carbons (Fsp3) is 0.381. The van der Waals surface area contributed by atoms with Gasteiger partial charge in [-0.3, -0.25) is 14.6 Å². The van der Waals surface area contributed by atoms with Crippen LogP contribution >= 0.6 is 11.6 Å². The fourth-order valence-corrected chi connectivity index (χ4v) is 3.76. The quantitative estimate of drug-likeness (QED) is 0.838. The van der Waals surface area contributed by atoms with Crippen LogP contribution in [0.5, 0.6) is 0 Å². The third kappa shape index (κ3) is 4.66. The molecular formula is C21H24ClN3O2. The van der Waals surface area contributed by atoms with E-state index in [-0.39, 0.29) is 17.5 Å². The summed E-state index contributed by atoms with van der Waals surface area (Å²) < 4.78 is 0. The second-order valence-corrected chi connectivity index (χ2v) is 7.44. The Kier molecular flexibility index (Phi) is 6.11. The lowest BCUT2D eigenvalue weighted by Crippen LogP contribution is -2.32. The molecule has 5 nitrogen and oxygen atoms in total. The van der Waals surface area contributed by atoms with Gasteiger partial charge in [-0.05, 0) is 56.0 Å². The molecule has 0 saturated carbocycles. The van der Waals surface area contributed by atoms with Crippen molar-refractivity contribution < 1.29 is 9.59 Å². The van der Waals surface area contributed by atoms with Crippen LogP contribution in [0.4, 0.5) is 5.69 Å². The molecule has 1 aromatic carbocycles. The van der Waals surface area contributed by atoms with Gasteiger partial charge in [0.25, 0.3) is 11.8 Å². The average molecular weight is 386 g/mol. The molecule has 0 radical (unpaired) electrons. The van der Waals surface area contributed by atoms with Crippen molar-refractivity contribution in [3.63, 3.8) is 0 Å². The molecule has 0 aliphatic carbocycles. The molecule has 6 heteroatoms. The van der Waals surface area contributed by atoms with E-state index in [9.17, 15) is 9.59 Å². The molecule has 0 atom stereocenters. The summed E-state index contributed by atoms with van der Waals surface area (Å²) in [6.07, 6.45) is 5.86. The number of benzene rings is 1. The number of amides is 2. The molecule has 2 aromatic rings. The van der Waals surface area contributed by atoms with Gasteiger partial charge in [-0.2, -0.15) is 0 Å². The summed E-state index contributed by atoms with van der Waals surface area (Å²) in [5.41, 5.74) is 3.16. The highest BCUT2D eigenvalue weighted by Gasteiger charge is 2.19. The van der Waals surface area contributed by atoms with Crippen molar-refractivity contribution in [3.8, 4) is 0 Å². The third-order valence-corrected chi connectivity index (χ3v) is 5.10. The first-order valence-electron chi connectivity index (χ1n) is 9.29. The largest absolute Gasteiger partial charge is 0.339 e. The van der Waals surface area contributed by atoms with Gasteiger partial charge in [-0.15, -0.1) is 0 Å². The Morgan fingerprint density at radius 3 is 2.44 bits per heavy atom. The Labute approximate surface area is 164 Å². The Bertz CT molecular complexity index is 835. The molecular weight excluding hydrogens is 362 g/mol. The summed E-state index contributed by atoms with van der Waals surface area (Å²) in [7, 11) is 0. The van der Waals surface area contributed by atoms with Gasteiger partial charge in [-0.25, -0.2) is 0 Å². The molecule has 0 bridgehead atoms. The van der Waals surface area contributed by atoms with Crippen LogP contribution in [-0.2, 0) is 0 Å². The molecule has 2 amide bonds. The number of aromatic nitrogens is 1. The number of rotatable bonds is 3. The molecule has 1 saturated heterocycles. The lowest BCUT2D eigenvalue weighted by Gasteiger charge is -2.20. The monoisotopic (exact) mass is 385 g/mol. The molecule has 1 fully saturated rings. The summed E-state index contributed by atoms with van der Waals surface area (Å²) >= 11 is 6.27. The minimum atomic E-state index is -0.380. The number of anilines is 1. The van der Waals surface area contributed by atoms with Crippen LogP contribution in [0, 0.1) is 13.8 Å². The summed E-state index contributed by atoms with van der Waals surface area (Å²) in [6.45, 7) is 5.37. The first kappa shape index (κ1) is 19.4. The Balaban J connectivity index is 1.79. The predicted molar refractivity (Wildman–Crippen MR) is 107 cm³/mol. The van der Waals surface area contributed by atoms with E-state index in [2.05, 4.69) is 10.3 Å². The van der Waals surface area contributed by atoms with E-state index in [0.29, 0.717) is 16.3 Å². The number of pyridine rings is 1. The van der Waals surface area contributed by atoms with Crippen molar-refractivity contribution in [1.82, 2.24) is 9.88 Å². The summed E-state index contributed by atoms with van der Waals surface area (Å²) in [4.78, 5) is 31.4. The SMILES string of the molecule is Cc1cc(C)c(NC(=O)c2cc(C(=O)N3CCCCCC3)ccn2)c(Cl)c1. The van der Waals surface area contributed by atoms with Crippen LogP contribution in [0.15, 0.2) is 30.5 Å². The molecule has 2 heterocycles. The third-order valence-electron chi connectivity index (χ3n) is 4.80. The highest BCUT2D eigenvalue weighted by atomic mass is 35.5. The molecule has 1 aliphatic rings. The second-order valence-electron chi connectivity index (χ2n) is 7.03. The Morgan fingerprint density at radius 1 is 1.07 bits per heavy atom. The van der Waals surface area contributed by atoms with Gasteiger partial charge in [0.2, 0.25) is 0 Å². The number of nitrogens with zero attached hydrogens (tertiary/aromatic N) is 2. The van der Waals surface area contributed by atoms with Crippen LogP contribution in [0.2, 0.25) is 5.02 Å². The van der Waals surface area contributed by atoms with Gasteiger partial charge in [0.05, 0.1) is 10.7 Å². The number of carbonyl (C=O) groups is 2. The number of hydrogen-bond donors (Lipinski definition) is 1. The lowest BCUT2D eigenvalue weighted by atomic mass is 10.1. The molecule has 1 N–H and O–H groups in total. The predicted octanol–water partition coefficient (Wildman–Crippen LogP) is 4.62. The van der Waals surface area contributed by atoms with Crippen molar-refractivity contribution in [3.05, 3.63) is 57.9 Å². The summed E-state index contributed by atoms with van der Waals surface area (Å²) in [6, 6.07) is 6.97. The average Bonchev–Trinajstić information content (AvgIpc) is 2.93. The van der Waals surface area contributed by atoms with Crippen molar-refractivity contribution in [1.29, 1.82) is 0 Å². The normalized spacial score (nSPS) is 14.6. The van der Waals surface area contributed by atoms with E-state index in [0.717, 1.165) is 49.9 Å². The molecule has 27 heavy (non-hydrogen) atoms. The van der Waals surface area contributed by atoms with Gasteiger partial charge in [0.15, 0.2) is 0 Å². The van der Waals surface area contributed by atoms with Crippen molar-refractivity contribution >= 4 is 29.1 Å². The summed E-state index contributed by atoms with van der Waals surface area (Å²) in [5, 5.41) is 3.30. The highest BCUT2D eigenvalue weighted by molar-refractivity contribution is 6.34. The highest BCUT2D eigenvalue weighted by Crippen LogP contribution is 2.27. The topological polar surface area (TPSA) is 62.3 Å².